The van der Waals surface area contributed by atoms with Crippen LogP contribution in [0.1, 0.15) is 10.7 Å². The standard InChI is InChI=1S/C11H8Cl2FNOS/c12-4-7-6-17-11(15-7)5-16-8-1-2-9(13)10(14)3-8/h1-3,6H,4-5H2. The molecule has 0 bridgehead atoms. The number of ether oxygens (including phenoxy) is 1. The first-order chi connectivity index (χ1) is 8.19. The van der Waals surface area contributed by atoms with E-state index in [9.17, 15) is 4.39 Å². The van der Waals surface area contributed by atoms with Gasteiger partial charge in [-0.05, 0) is 12.1 Å². The van der Waals surface area contributed by atoms with E-state index in [2.05, 4.69) is 4.98 Å². The molecule has 1 aromatic heterocycles. The molecule has 17 heavy (non-hydrogen) atoms. The second-order valence-corrected chi connectivity index (χ2v) is 4.85. The fourth-order valence-electron chi connectivity index (χ4n) is 1.19. The molecule has 0 aliphatic rings. The highest BCUT2D eigenvalue weighted by Gasteiger charge is 2.04. The van der Waals surface area contributed by atoms with Gasteiger partial charge in [0, 0.05) is 11.4 Å². The normalized spacial score (nSPS) is 10.5. The van der Waals surface area contributed by atoms with Crippen LogP contribution in [0, 0.1) is 5.82 Å². The lowest BCUT2D eigenvalue weighted by Gasteiger charge is -2.04. The highest BCUT2D eigenvalue weighted by Crippen LogP contribution is 2.21. The topological polar surface area (TPSA) is 22.1 Å². The zero-order valence-corrected chi connectivity index (χ0v) is 10.9. The zero-order valence-electron chi connectivity index (χ0n) is 8.62. The highest BCUT2D eigenvalue weighted by molar-refractivity contribution is 7.09. The average Bonchev–Trinajstić information content (AvgIpc) is 2.79. The van der Waals surface area contributed by atoms with E-state index in [4.69, 9.17) is 27.9 Å². The molecule has 0 radical (unpaired) electrons. The molecule has 0 saturated heterocycles. The fourth-order valence-corrected chi connectivity index (χ4v) is 2.24. The molecule has 0 aliphatic carbocycles. The summed E-state index contributed by atoms with van der Waals surface area (Å²) in [6.45, 7) is 0.294. The average molecular weight is 292 g/mol. The molecule has 2 rings (SSSR count). The molecule has 0 unspecified atom stereocenters. The van der Waals surface area contributed by atoms with Crippen molar-refractivity contribution >= 4 is 34.5 Å². The van der Waals surface area contributed by atoms with E-state index >= 15 is 0 Å². The Morgan fingerprint density at radius 2 is 2.24 bits per heavy atom. The second-order valence-electron chi connectivity index (χ2n) is 3.23. The minimum Gasteiger partial charge on any atom is -0.486 e. The number of halogens is 3. The Kier molecular flexibility index (Phi) is 4.20. The van der Waals surface area contributed by atoms with Crippen molar-refractivity contribution in [3.63, 3.8) is 0 Å². The van der Waals surface area contributed by atoms with Crippen LogP contribution in [0.2, 0.25) is 5.02 Å². The lowest BCUT2D eigenvalue weighted by molar-refractivity contribution is 0.304. The molecule has 1 heterocycles. The summed E-state index contributed by atoms with van der Waals surface area (Å²) >= 11 is 12.7. The van der Waals surface area contributed by atoms with Gasteiger partial charge in [0.25, 0.3) is 0 Å². The fraction of sp³-hybridized carbons (Fsp3) is 0.182. The number of alkyl halides is 1. The van der Waals surface area contributed by atoms with Gasteiger partial charge in [0.05, 0.1) is 16.6 Å². The van der Waals surface area contributed by atoms with Crippen molar-refractivity contribution in [1.82, 2.24) is 4.98 Å². The largest absolute Gasteiger partial charge is 0.486 e. The van der Waals surface area contributed by atoms with Crippen molar-refractivity contribution < 1.29 is 9.13 Å². The van der Waals surface area contributed by atoms with Crippen LogP contribution in [-0.2, 0) is 12.5 Å². The van der Waals surface area contributed by atoms with Crippen molar-refractivity contribution in [2.24, 2.45) is 0 Å². The lowest BCUT2D eigenvalue weighted by Crippen LogP contribution is -1.95. The van der Waals surface area contributed by atoms with Gasteiger partial charge in [-0.15, -0.1) is 22.9 Å². The Hall–Kier alpha value is -0.840. The number of rotatable bonds is 4. The summed E-state index contributed by atoms with van der Waals surface area (Å²) in [6.07, 6.45) is 0. The molecular formula is C11H8Cl2FNOS. The van der Waals surface area contributed by atoms with Gasteiger partial charge >= 0.3 is 0 Å². The molecule has 0 spiro atoms. The molecule has 90 valence electrons. The van der Waals surface area contributed by atoms with Gasteiger partial charge in [-0.3, -0.25) is 0 Å². The SMILES string of the molecule is Fc1cc(OCc2nc(CCl)cs2)ccc1Cl. The number of thiazole rings is 1. The smallest absolute Gasteiger partial charge is 0.145 e. The number of hydrogen-bond acceptors (Lipinski definition) is 3. The summed E-state index contributed by atoms with van der Waals surface area (Å²) in [5.41, 5.74) is 0.817. The van der Waals surface area contributed by atoms with Gasteiger partial charge in [0.15, 0.2) is 0 Å². The predicted molar refractivity (Wildman–Crippen MR) is 67.4 cm³/mol. The van der Waals surface area contributed by atoms with E-state index in [0.717, 1.165) is 10.7 Å². The highest BCUT2D eigenvalue weighted by atomic mass is 35.5. The molecule has 0 saturated carbocycles. The van der Waals surface area contributed by atoms with Crippen molar-refractivity contribution in [1.29, 1.82) is 0 Å². The number of hydrogen-bond donors (Lipinski definition) is 0. The van der Waals surface area contributed by atoms with Crippen LogP contribution in [0.15, 0.2) is 23.6 Å². The van der Waals surface area contributed by atoms with Crippen molar-refractivity contribution in [2.45, 2.75) is 12.5 Å². The molecule has 0 amide bonds. The summed E-state index contributed by atoms with van der Waals surface area (Å²) in [7, 11) is 0. The first kappa shape index (κ1) is 12.6. The van der Waals surface area contributed by atoms with Gasteiger partial charge in [-0.1, -0.05) is 11.6 Å². The van der Waals surface area contributed by atoms with Crippen LogP contribution < -0.4 is 4.74 Å². The maximum atomic E-state index is 13.1. The lowest BCUT2D eigenvalue weighted by atomic mass is 10.3. The van der Waals surface area contributed by atoms with Gasteiger partial charge in [-0.25, -0.2) is 9.37 Å². The van der Waals surface area contributed by atoms with Crippen molar-refractivity contribution in [3.8, 4) is 5.75 Å². The Labute approximate surface area is 112 Å². The third kappa shape index (κ3) is 3.31. The molecule has 0 aliphatic heterocycles. The molecule has 1 aromatic carbocycles. The number of benzene rings is 1. The molecule has 6 heteroatoms. The third-order valence-corrected chi connectivity index (χ3v) is 3.44. The number of nitrogens with zero attached hydrogens (tertiary/aromatic N) is 1. The van der Waals surface area contributed by atoms with Crippen LogP contribution in [0.3, 0.4) is 0 Å². The first-order valence-corrected chi connectivity index (χ1v) is 6.55. The predicted octanol–water partition coefficient (Wildman–Crippen LogP) is 4.25. The van der Waals surface area contributed by atoms with Gasteiger partial charge in [-0.2, -0.15) is 0 Å². The van der Waals surface area contributed by atoms with E-state index < -0.39 is 5.82 Å². The summed E-state index contributed by atoms with van der Waals surface area (Å²) in [4.78, 5) is 4.23. The Morgan fingerprint density at radius 3 is 2.88 bits per heavy atom. The van der Waals surface area contributed by atoms with E-state index in [-0.39, 0.29) is 5.02 Å². The summed E-state index contributed by atoms with van der Waals surface area (Å²) in [5.74, 6) is 0.311. The minimum absolute atomic E-state index is 0.0797. The molecule has 2 aromatic rings. The molecule has 0 N–H and O–H groups in total. The van der Waals surface area contributed by atoms with Gasteiger partial charge in [0.1, 0.15) is 23.2 Å². The van der Waals surface area contributed by atoms with Crippen LogP contribution in [0.5, 0.6) is 5.75 Å². The first-order valence-electron chi connectivity index (χ1n) is 4.76. The summed E-state index contributed by atoms with van der Waals surface area (Å²) in [6, 6.07) is 4.32. The van der Waals surface area contributed by atoms with Gasteiger partial charge in [0.2, 0.25) is 0 Å². The summed E-state index contributed by atoms with van der Waals surface area (Å²) < 4.78 is 18.5. The molecule has 0 fully saturated rings. The van der Waals surface area contributed by atoms with Crippen LogP contribution >= 0.6 is 34.5 Å². The molecular weight excluding hydrogens is 284 g/mol. The Morgan fingerprint density at radius 1 is 1.41 bits per heavy atom. The zero-order chi connectivity index (χ0) is 12.3. The number of aromatic nitrogens is 1. The van der Waals surface area contributed by atoms with E-state index in [1.807, 2.05) is 5.38 Å². The van der Waals surface area contributed by atoms with E-state index in [1.165, 1.54) is 23.5 Å². The third-order valence-electron chi connectivity index (χ3n) is 1.99. The second kappa shape index (κ2) is 5.67. The van der Waals surface area contributed by atoms with Crippen molar-refractivity contribution in [2.75, 3.05) is 0 Å². The monoisotopic (exact) mass is 291 g/mol. The van der Waals surface area contributed by atoms with Crippen LogP contribution in [0.25, 0.3) is 0 Å². The van der Waals surface area contributed by atoms with Crippen molar-refractivity contribution in [3.05, 3.63) is 45.1 Å². The quantitative estimate of drug-likeness (QED) is 0.786. The summed E-state index contributed by atoms with van der Waals surface area (Å²) in [5, 5.41) is 2.75. The molecule has 2 nitrogen and oxygen atoms in total. The molecule has 0 atom stereocenters. The minimum atomic E-state index is -0.496. The maximum Gasteiger partial charge on any atom is 0.145 e. The Bertz CT molecular complexity index is 518. The van der Waals surface area contributed by atoms with Gasteiger partial charge < -0.3 is 4.74 Å². The van der Waals surface area contributed by atoms with Crippen LogP contribution in [-0.4, -0.2) is 4.98 Å². The van der Waals surface area contributed by atoms with Crippen LogP contribution in [0.4, 0.5) is 4.39 Å². The Balaban J connectivity index is 1.99. The van der Waals surface area contributed by atoms with E-state index in [1.54, 1.807) is 6.07 Å². The van der Waals surface area contributed by atoms with E-state index in [0.29, 0.717) is 18.2 Å². The maximum absolute atomic E-state index is 13.1.